The number of anilines is 1. The molecule has 4 aliphatic rings. The molecule has 3 N–H and O–H groups in total. The van der Waals surface area contributed by atoms with Gasteiger partial charge in [-0.2, -0.15) is 0 Å². The largest absolute Gasteiger partial charge is 0.494 e. The zero-order valence-corrected chi connectivity index (χ0v) is 33.0. The van der Waals surface area contributed by atoms with Crippen LogP contribution in [-0.4, -0.2) is 49.0 Å². The third-order valence-electron chi connectivity index (χ3n) is 12.0. The van der Waals surface area contributed by atoms with Gasteiger partial charge in [0.2, 0.25) is 17.6 Å². The van der Waals surface area contributed by atoms with Gasteiger partial charge in [-0.25, -0.2) is 14.9 Å². The maximum absolute atomic E-state index is 14.5. The van der Waals surface area contributed by atoms with Gasteiger partial charge in [-0.05, 0) is 73.4 Å². The van der Waals surface area contributed by atoms with Crippen molar-refractivity contribution in [3.05, 3.63) is 159 Å². The predicted molar refractivity (Wildman–Crippen MR) is 227 cm³/mol. The molecule has 6 heterocycles. The number of nitrogens with zero attached hydrogens (tertiary/aromatic N) is 4. The molecule has 59 heavy (non-hydrogen) atoms. The molecular weight excluding hydrogens is 764 g/mol. The highest BCUT2D eigenvalue weighted by molar-refractivity contribution is 6.56. The zero-order valence-electron chi connectivity index (χ0n) is 32.2. The molecule has 2 saturated heterocycles. The second-order valence-electron chi connectivity index (χ2n) is 15.9. The minimum absolute atomic E-state index is 0.0221. The minimum atomic E-state index is -1.14. The van der Waals surface area contributed by atoms with Crippen molar-refractivity contribution in [1.29, 1.82) is 0 Å². The van der Waals surface area contributed by atoms with Crippen molar-refractivity contribution in [2.24, 2.45) is 22.7 Å². The van der Waals surface area contributed by atoms with Crippen molar-refractivity contribution in [3.63, 3.8) is 0 Å². The van der Waals surface area contributed by atoms with E-state index in [9.17, 15) is 24.3 Å². The van der Waals surface area contributed by atoms with Gasteiger partial charge < -0.3 is 10.1 Å². The number of nitrogens with one attached hydrogen (secondary N) is 2. The summed E-state index contributed by atoms with van der Waals surface area (Å²) in [6, 6.07) is 34.5. The van der Waals surface area contributed by atoms with E-state index < -0.39 is 17.4 Å². The van der Waals surface area contributed by atoms with Crippen LogP contribution in [0, 0.1) is 24.7 Å². The molecule has 4 atom stereocenters. The highest BCUT2D eigenvalue weighted by atomic mass is 35.5. The molecule has 0 bridgehead atoms. The van der Waals surface area contributed by atoms with Gasteiger partial charge in [0.25, 0.3) is 5.56 Å². The number of Topliss-reactive ketones (excluding diaryl/α,β-unsaturated/α-hetero) is 1. The first kappa shape index (κ1) is 36.6. The van der Waals surface area contributed by atoms with Crippen molar-refractivity contribution in [1.82, 2.24) is 19.9 Å². The molecule has 292 valence electrons. The fraction of sp³-hybridized carbons (Fsp3) is 0.191. The topological polar surface area (TPSA) is 150 Å². The van der Waals surface area contributed by atoms with Crippen LogP contribution in [0.4, 0.5) is 11.4 Å². The highest BCUT2D eigenvalue weighted by Gasteiger charge is 2.69. The molecule has 7 aromatic rings. The summed E-state index contributed by atoms with van der Waals surface area (Å²) in [4.78, 5) is 68.7. The molecule has 2 amide bonds. The van der Waals surface area contributed by atoms with Crippen LogP contribution >= 0.6 is 11.6 Å². The van der Waals surface area contributed by atoms with Gasteiger partial charge >= 0.3 is 0 Å². The number of hydrogen-bond donors (Lipinski definition) is 3. The van der Waals surface area contributed by atoms with E-state index in [1.807, 2.05) is 91.9 Å². The molecule has 11 nitrogen and oxygen atoms in total. The first-order valence-electron chi connectivity index (χ1n) is 19.6. The molecule has 2 unspecified atom stereocenters. The quantitative estimate of drug-likeness (QED) is 0.153. The number of aryl methyl sites for hydroxylation is 1. The Morgan fingerprint density at radius 2 is 1.54 bits per heavy atom. The summed E-state index contributed by atoms with van der Waals surface area (Å²) in [7, 11) is 0. The third kappa shape index (κ3) is 5.31. The minimum Gasteiger partial charge on any atom is -0.494 e. The van der Waals surface area contributed by atoms with E-state index in [0.29, 0.717) is 62.1 Å². The van der Waals surface area contributed by atoms with Crippen molar-refractivity contribution in [2.45, 2.75) is 38.8 Å². The second-order valence-corrected chi connectivity index (χ2v) is 16.4. The summed E-state index contributed by atoms with van der Waals surface area (Å²) in [6.45, 7) is 6.08. The van der Waals surface area contributed by atoms with Gasteiger partial charge in [-0.3, -0.25) is 29.1 Å². The van der Waals surface area contributed by atoms with Gasteiger partial charge in [0.05, 0.1) is 45.4 Å². The standard InChI is InChI=1S/C31H27ClN4O3.C16H10N2O2/c1-16(2)14-22-25-26(29(39)35(28(25)38)24-15-18(32)13-12-17(24)3)31(34-22)20-9-5-7-11-23(20)36-27(37)19-8-4-6-10-21(19)33-30(31)36;19-15-10-6-2-4-8-12(10)17-14(15)13-9-5-1-3-7-11(9)18-16(13)20/h4-13,15-16,22,25-26,34H,14H2,1-3H3;1-8,18,20H/t22?,25-,26+,31?;/m0./s1. The van der Waals surface area contributed by atoms with E-state index in [4.69, 9.17) is 16.6 Å². The van der Waals surface area contributed by atoms with Crippen LogP contribution in [0.3, 0.4) is 0 Å². The molecule has 4 aliphatic heterocycles. The van der Waals surface area contributed by atoms with Crippen molar-refractivity contribution < 1.29 is 19.5 Å². The molecule has 0 saturated carbocycles. The van der Waals surface area contributed by atoms with E-state index >= 15 is 0 Å². The maximum Gasteiger partial charge on any atom is 0.266 e. The third-order valence-corrected chi connectivity index (χ3v) is 12.3. The number of amides is 2. The van der Waals surface area contributed by atoms with E-state index in [1.165, 1.54) is 4.90 Å². The number of aromatic amines is 1. The lowest BCUT2D eigenvalue weighted by Crippen LogP contribution is -2.50. The van der Waals surface area contributed by atoms with Crippen molar-refractivity contribution in [2.75, 3.05) is 4.90 Å². The van der Waals surface area contributed by atoms with Gasteiger partial charge in [-0.15, -0.1) is 0 Å². The van der Waals surface area contributed by atoms with E-state index in [-0.39, 0.29) is 41.0 Å². The SMILES string of the molecule is Cc1ccc(Cl)cc1N1C(=O)[C@H]2C(CC(C)C)NC3(c4ccccc4-n4c3nc3ccccc3c4=O)[C@H]2C1=O.O=C1C(c2c(O)[nH]c3ccccc23)=Nc2ccccc21. The number of para-hydroxylation sites is 4. The van der Waals surface area contributed by atoms with Gasteiger partial charge in [0.15, 0.2) is 5.88 Å². The molecule has 0 aliphatic carbocycles. The number of H-pyrrole nitrogens is 1. The van der Waals surface area contributed by atoms with Crippen LogP contribution in [0.5, 0.6) is 5.88 Å². The van der Waals surface area contributed by atoms with Crippen LogP contribution in [0.25, 0.3) is 27.5 Å². The average Bonchev–Trinajstić information content (AvgIpc) is 3.99. The Balaban J connectivity index is 0.000000176. The highest BCUT2D eigenvalue weighted by Crippen LogP contribution is 2.56. The smallest absolute Gasteiger partial charge is 0.266 e. The predicted octanol–water partition coefficient (Wildman–Crippen LogP) is 7.92. The number of fused-ring (bicyclic) bond motifs is 10. The van der Waals surface area contributed by atoms with Crippen LogP contribution in [-0.2, 0) is 15.1 Å². The molecule has 2 aromatic heterocycles. The molecule has 0 radical (unpaired) electrons. The molecule has 2 fully saturated rings. The number of aromatic hydroxyl groups is 1. The van der Waals surface area contributed by atoms with E-state index in [1.54, 1.807) is 34.9 Å². The van der Waals surface area contributed by atoms with Crippen LogP contribution in [0.15, 0.2) is 125 Å². The molecule has 1 spiro atoms. The number of ketones is 1. The second kappa shape index (κ2) is 13.4. The molecule has 5 aromatic carbocycles. The monoisotopic (exact) mass is 800 g/mol. The summed E-state index contributed by atoms with van der Waals surface area (Å²) in [5, 5.41) is 15.6. The zero-order chi connectivity index (χ0) is 40.9. The first-order chi connectivity index (χ1) is 28.5. The number of carbonyl (C=O) groups is 3. The number of hydrogen-bond acceptors (Lipinski definition) is 8. The van der Waals surface area contributed by atoms with Gasteiger partial charge in [0.1, 0.15) is 17.1 Å². The number of aromatic nitrogens is 3. The number of imide groups is 1. The maximum atomic E-state index is 14.5. The lowest BCUT2D eigenvalue weighted by molar-refractivity contribution is -0.123. The Morgan fingerprint density at radius 1 is 0.831 bits per heavy atom. The summed E-state index contributed by atoms with van der Waals surface area (Å²) >= 11 is 6.33. The fourth-order valence-electron chi connectivity index (χ4n) is 9.59. The van der Waals surface area contributed by atoms with Crippen LogP contribution in [0.1, 0.15) is 53.1 Å². The first-order valence-corrected chi connectivity index (χ1v) is 19.9. The molecule has 11 rings (SSSR count). The van der Waals surface area contributed by atoms with E-state index in [2.05, 4.69) is 29.1 Å². The number of carbonyl (C=O) groups excluding carboxylic acids is 3. The fourth-order valence-corrected chi connectivity index (χ4v) is 9.76. The molecule has 12 heteroatoms. The lowest BCUT2D eigenvalue weighted by atomic mass is 9.75. The van der Waals surface area contributed by atoms with Crippen LogP contribution < -0.4 is 15.8 Å². The Morgan fingerprint density at radius 3 is 2.34 bits per heavy atom. The Kier molecular flexibility index (Phi) is 8.34. The van der Waals surface area contributed by atoms with Crippen LogP contribution in [0.2, 0.25) is 5.02 Å². The van der Waals surface area contributed by atoms with Crippen molar-refractivity contribution >= 4 is 68.1 Å². The van der Waals surface area contributed by atoms with Gasteiger partial charge in [-0.1, -0.05) is 92.2 Å². The summed E-state index contributed by atoms with van der Waals surface area (Å²) < 4.78 is 1.63. The number of rotatable bonds is 4. The average molecular weight is 801 g/mol. The normalized spacial score (nSPS) is 21.2. The molecular formula is C47H37ClN6O5. The Hall–Kier alpha value is -6.69. The van der Waals surface area contributed by atoms with E-state index in [0.717, 1.165) is 22.0 Å². The number of aliphatic imine (C=N–C) groups is 1. The summed E-state index contributed by atoms with van der Waals surface area (Å²) in [6.07, 6.45) is 0.685. The Bertz CT molecular complexity index is 3060. The number of benzene rings is 5. The van der Waals surface area contributed by atoms with Crippen molar-refractivity contribution in [3.8, 4) is 11.6 Å². The lowest BCUT2D eigenvalue weighted by Gasteiger charge is -2.32. The summed E-state index contributed by atoms with van der Waals surface area (Å²) in [5.41, 5.74) is 4.77. The Labute approximate surface area is 343 Å². The van der Waals surface area contributed by atoms with Gasteiger partial charge in [0, 0.05) is 33.1 Å². The number of halogens is 1. The summed E-state index contributed by atoms with van der Waals surface area (Å²) in [5.74, 6) is -1.40.